The first kappa shape index (κ1) is 19.9. The zero-order valence-corrected chi connectivity index (χ0v) is 17.7. The van der Waals surface area contributed by atoms with Gasteiger partial charge in [-0.15, -0.1) is 11.3 Å². The van der Waals surface area contributed by atoms with Crippen LogP contribution in [0.15, 0.2) is 36.5 Å². The van der Waals surface area contributed by atoms with Crippen molar-refractivity contribution in [3.05, 3.63) is 47.4 Å². The van der Waals surface area contributed by atoms with Crippen molar-refractivity contribution in [3.8, 4) is 21.8 Å². The molecule has 1 fully saturated rings. The smallest absolute Gasteiger partial charge is 0.225 e. The minimum Gasteiger partial charge on any atom is -0.341 e. The average molecular weight is 412 g/mol. The van der Waals surface area contributed by atoms with Crippen LogP contribution in [0, 0.1) is 5.82 Å². The van der Waals surface area contributed by atoms with Crippen LogP contribution in [0.5, 0.6) is 0 Å². The summed E-state index contributed by atoms with van der Waals surface area (Å²) >= 11 is 1.71. The summed E-state index contributed by atoms with van der Waals surface area (Å²) < 4.78 is 13.5. The van der Waals surface area contributed by atoms with Crippen molar-refractivity contribution in [1.29, 1.82) is 0 Å². The third-order valence-corrected chi connectivity index (χ3v) is 6.61. The van der Waals surface area contributed by atoms with Crippen LogP contribution in [-0.4, -0.2) is 41.1 Å². The van der Waals surface area contributed by atoms with Crippen LogP contribution in [-0.2, 0) is 0 Å². The van der Waals surface area contributed by atoms with E-state index < -0.39 is 0 Å². The van der Waals surface area contributed by atoms with E-state index in [-0.39, 0.29) is 5.82 Å². The number of hydrogen-bond donors (Lipinski definition) is 1. The molecule has 1 saturated heterocycles. The van der Waals surface area contributed by atoms with Crippen molar-refractivity contribution in [3.63, 3.8) is 0 Å². The zero-order chi connectivity index (χ0) is 20.2. The number of nitrogens with zero attached hydrogens (tertiary/aromatic N) is 4. The molecule has 0 saturated carbocycles. The molecule has 2 aromatic heterocycles. The molecule has 0 unspecified atom stereocenters. The Bertz CT molecular complexity index is 946. The van der Waals surface area contributed by atoms with E-state index in [0.29, 0.717) is 5.92 Å². The van der Waals surface area contributed by atoms with E-state index in [1.54, 1.807) is 23.5 Å². The summed E-state index contributed by atoms with van der Waals surface area (Å²) in [6.07, 6.45) is 3.99. The predicted octanol–water partition coefficient (Wildman–Crippen LogP) is 4.72. The normalized spacial score (nSPS) is 14.9. The van der Waals surface area contributed by atoms with E-state index in [2.05, 4.69) is 29.0 Å². The second-order valence-electron chi connectivity index (χ2n) is 7.18. The lowest BCUT2D eigenvalue weighted by Gasteiger charge is -2.20. The molecule has 4 rings (SSSR count). The SMILES string of the molecule is CCN(CC)c1nccc(-c2sc(C3CCNCC3)nc2-c2ccc(F)cc2)n1. The summed E-state index contributed by atoms with van der Waals surface area (Å²) in [5.41, 5.74) is 2.67. The molecule has 1 aliphatic heterocycles. The van der Waals surface area contributed by atoms with Gasteiger partial charge in [0.05, 0.1) is 21.3 Å². The number of aromatic nitrogens is 3. The Morgan fingerprint density at radius 2 is 1.79 bits per heavy atom. The van der Waals surface area contributed by atoms with Crippen LogP contribution in [0.3, 0.4) is 0 Å². The topological polar surface area (TPSA) is 53.9 Å². The van der Waals surface area contributed by atoms with Crippen LogP contribution in [0.4, 0.5) is 10.3 Å². The Labute approximate surface area is 175 Å². The van der Waals surface area contributed by atoms with E-state index in [1.807, 2.05) is 12.3 Å². The van der Waals surface area contributed by atoms with Crippen LogP contribution in [0.25, 0.3) is 21.8 Å². The molecule has 7 heteroatoms. The highest BCUT2D eigenvalue weighted by Crippen LogP contribution is 2.40. The quantitative estimate of drug-likeness (QED) is 0.636. The van der Waals surface area contributed by atoms with Crippen molar-refractivity contribution < 1.29 is 4.39 Å². The lowest BCUT2D eigenvalue weighted by atomic mass is 9.99. The van der Waals surface area contributed by atoms with E-state index >= 15 is 0 Å². The summed E-state index contributed by atoms with van der Waals surface area (Å²) in [5.74, 6) is 0.947. The standard InChI is InChI=1S/C22H26FN5S/c1-3-28(4-2)22-25-14-11-18(26-22)20-19(15-5-7-17(23)8-6-15)27-21(29-20)16-9-12-24-13-10-16/h5-8,11,14,16,24H,3-4,9-10,12-13H2,1-2H3. The molecule has 0 aliphatic carbocycles. The maximum Gasteiger partial charge on any atom is 0.225 e. The number of nitrogens with one attached hydrogen (secondary N) is 1. The van der Waals surface area contributed by atoms with Crippen LogP contribution in [0.2, 0.25) is 0 Å². The molecule has 3 aromatic rings. The molecule has 3 heterocycles. The molecule has 0 bridgehead atoms. The van der Waals surface area contributed by atoms with Gasteiger partial charge in [0.1, 0.15) is 5.82 Å². The van der Waals surface area contributed by atoms with Gasteiger partial charge in [0, 0.05) is 30.8 Å². The minimum atomic E-state index is -0.241. The van der Waals surface area contributed by atoms with Gasteiger partial charge in [-0.05, 0) is 70.1 Å². The van der Waals surface area contributed by atoms with Gasteiger partial charge in [-0.25, -0.2) is 19.3 Å². The van der Waals surface area contributed by atoms with Gasteiger partial charge in [0.2, 0.25) is 5.95 Å². The van der Waals surface area contributed by atoms with Gasteiger partial charge in [0.15, 0.2) is 0 Å². The number of halogens is 1. The number of thiazole rings is 1. The zero-order valence-electron chi connectivity index (χ0n) is 16.9. The maximum absolute atomic E-state index is 13.5. The molecule has 1 aliphatic rings. The molecule has 0 atom stereocenters. The van der Waals surface area contributed by atoms with E-state index in [9.17, 15) is 4.39 Å². The van der Waals surface area contributed by atoms with E-state index in [1.165, 1.54) is 12.1 Å². The number of anilines is 1. The van der Waals surface area contributed by atoms with Crippen molar-refractivity contribution in [2.45, 2.75) is 32.6 Å². The predicted molar refractivity (Wildman–Crippen MR) is 117 cm³/mol. The minimum absolute atomic E-state index is 0.241. The monoisotopic (exact) mass is 411 g/mol. The lowest BCUT2D eigenvalue weighted by Crippen LogP contribution is -2.26. The van der Waals surface area contributed by atoms with Gasteiger partial charge >= 0.3 is 0 Å². The first-order valence-corrected chi connectivity index (χ1v) is 11.1. The highest BCUT2D eigenvalue weighted by Gasteiger charge is 2.23. The molecule has 0 radical (unpaired) electrons. The van der Waals surface area contributed by atoms with Crippen molar-refractivity contribution >= 4 is 17.3 Å². The van der Waals surface area contributed by atoms with Gasteiger partial charge in [-0.1, -0.05) is 0 Å². The van der Waals surface area contributed by atoms with Gasteiger partial charge in [0.25, 0.3) is 0 Å². The van der Waals surface area contributed by atoms with Gasteiger partial charge in [-0.2, -0.15) is 0 Å². The molecule has 29 heavy (non-hydrogen) atoms. The molecule has 1 aromatic carbocycles. The van der Waals surface area contributed by atoms with Crippen LogP contribution < -0.4 is 10.2 Å². The van der Waals surface area contributed by atoms with Crippen molar-refractivity contribution in [1.82, 2.24) is 20.3 Å². The Morgan fingerprint density at radius 3 is 2.48 bits per heavy atom. The summed E-state index contributed by atoms with van der Waals surface area (Å²) in [7, 11) is 0. The van der Waals surface area contributed by atoms with E-state index in [4.69, 9.17) is 9.97 Å². The van der Waals surface area contributed by atoms with Crippen LogP contribution >= 0.6 is 11.3 Å². The molecule has 0 spiro atoms. The fourth-order valence-corrected chi connectivity index (χ4v) is 4.92. The average Bonchev–Trinajstić information content (AvgIpc) is 3.22. The van der Waals surface area contributed by atoms with Crippen molar-refractivity contribution in [2.75, 3.05) is 31.1 Å². The number of hydrogen-bond acceptors (Lipinski definition) is 6. The molecular formula is C22H26FN5S. The highest BCUT2D eigenvalue weighted by molar-refractivity contribution is 7.15. The molecular weight excluding hydrogens is 385 g/mol. The number of benzene rings is 1. The van der Waals surface area contributed by atoms with Gasteiger partial charge < -0.3 is 10.2 Å². The summed E-state index contributed by atoms with van der Waals surface area (Å²) in [6, 6.07) is 8.52. The summed E-state index contributed by atoms with van der Waals surface area (Å²) in [6.45, 7) is 7.95. The first-order valence-electron chi connectivity index (χ1n) is 10.2. The van der Waals surface area contributed by atoms with Crippen molar-refractivity contribution in [2.24, 2.45) is 0 Å². The highest BCUT2D eigenvalue weighted by atomic mass is 32.1. The Morgan fingerprint density at radius 1 is 1.07 bits per heavy atom. The summed E-state index contributed by atoms with van der Waals surface area (Å²) in [4.78, 5) is 17.5. The lowest BCUT2D eigenvalue weighted by molar-refractivity contribution is 0.459. The fraction of sp³-hybridized carbons (Fsp3) is 0.409. The van der Waals surface area contributed by atoms with E-state index in [0.717, 1.165) is 71.8 Å². The second-order valence-corrected chi connectivity index (χ2v) is 8.21. The third kappa shape index (κ3) is 4.31. The number of piperidine rings is 1. The number of rotatable bonds is 6. The molecule has 1 N–H and O–H groups in total. The summed E-state index contributed by atoms with van der Waals surface area (Å²) in [5, 5.41) is 4.56. The Hall–Kier alpha value is -2.38. The fourth-order valence-electron chi connectivity index (χ4n) is 3.69. The van der Waals surface area contributed by atoms with Gasteiger partial charge in [-0.3, -0.25) is 0 Å². The molecule has 0 amide bonds. The first-order chi connectivity index (χ1) is 14.2. The second kappa shape index (κ2) is 8.97. The van der Waals surface area contributed by atoms with Crippen LogP contribution in [0.1, 0.15) is 37.6 Å². The molecule has 5 nitrogen and oxygen atoms in total. The molecule has 152 valence electrons. The Balaban J connectivity index is 1.79. The largest absolute Gasteiger partial charge is 0.341 e. The third-order valence-electron chi connectivity index (χ3n) is 5.37. The maximum atomic E-state index is 13.5. The Kier molecular flexibility index (Phi) is 6.16.